The molecule has 7 nitrogen and oxygen atoms in total. The molecule has 0 atom stereocenters. The summed E-state index contributed by atoms with van der Waals surface area (Å²) in [5, 5.41) is 3.40. The van der Waals surface area contributed by atoms with E-state index >= 15 is 0 Å². The van der Waals surface area contributed by atoms with Gasteiger partial charge in [-0.2, -0.15) is 0 Å². The van der Waals surface area contributed by atoms with Crippen molar-refractivity contribution in [1.29, 1.82) is 0 Å². The topological polar surface area (TPSA) is 91.5 Å². The van der Waals surface area contributed by atoms with Crippen molar-refractivity contribution in [3.8, 4) is 11.5 Å². The van der Waals surface area contributed by atoms with Gasteiger partial charge in [0.05, 0.1) is 13.2 Å². The molecule has 7 heteroatoms. The Morgan fingerprint density at radius 2 is 1.96 bits per heavy atom. The van der Waals surface area contributed by atoms with Crippen LogP contribution in [0.4, 0.5) is 5.82 Å². The number of benzene rings is 1. The molecule has 0 radical (unpaired) electrons. The number of hydrogen-bond acceptors (Lipinski definition) is 7. The van der Waals surface area contributed by atoms with Gasteiger partial charge in [-0.05, 0) is 30.5 Å². The molecule has 1 aliphatic heterocycles. The zero-order valence-electron chi connectivity index (χ0n) is 15.6. The summed E-state index contributed by atoms with van der Waals surface area (Å²) < 4.78 is 16.7. The lowest BCUT2D eigenvalue weighted by Gasteiger charge is -2.32. The second kappa shape index (κ2) is 8.10. The van der Waals surface area contributed by atoms with E-state index in [-0.39, 0.29) is 6.04 Å². The third-order valence-electron chi connectivity index (χ3n) is 4.94. The van der Waals surface area contributed by atoms with Crippen LogP contribution in [0.25, 0.3) is 0 Å². The maximum atomic E-state index is 5.94. The fourth-order valence-electron chi connectivity index (χ4n) is 3.42. The first kappa shape index (κ1) is 18.0. The van der Waals surface area contributed by atoms with Gasteiger partial charge < -0.3 is 25.3 Å². The maximum absolute atomic E-state index is 5.94. The van der Waals surface area contributed by atoms with Gasteiger partial charge >= 0.3 is 0 Å². The summed E-state index contributed by atoms with van der Waals surface area (Å²) in [5.74, 6) is 3.52. The number of anilines is 1. The van der Waals surface area contributed by atoms with Crippen molar-refractivity contribution in [2.45, 2.75) is 44.4 Å². The van der Waals surface area contributed by atoms with Crippen LogP contribution in [0.1, 0.15) is 42.3 Å². The maximum Gasteiger partial charge on any atom is 0.161 e. The molecule has 2 aromatic rings. The number of methoxy groups -OCH3 is 1. The molecule has 0 unspecified atom stereocenters. The van der Waals surface area contributed by atoms with Crippen LogP contribution in [0.15, 0.2) is 24.3 Å². The summed E-state index contributed by atoms with van der Waals surface area (Å²) in [4.78, 5) is 9.20. The number of ether oxygens (including phenoxy) is 3. The van der Waals surface area contributed by atoms with Crippen molar-refractivity contribution >= 4 is 5.82 Å². The fraction of sp³-hybridized carbons (Fsp3) is 0.500. The predicted octanol–water partition coefficient (Wildman–Crippen LogP) is 2.60. The van der Waals surface area contributed by atoms with E-state index in [1.807, 2.05) is 24.3 Å². The number of fused-ring (bicyclic) bond motifs is 1. The molecular formula is C20H26N4O3. The molecule has 27 heavy (non-hydrogen) atoms. The average Bonchev–Trinajstić information content (AvgIpc) is 2.89. The largest absolute Gasteiger partial charge is 0.490 e. The molecule has 2 heterocycles. The van der Waals surface area contributed by atoms with Crippen molar-refractivity contribution in [1.82, 2.24) is 9.97 Å². The van der Waals surface area contributed by atoms with Gasteiger partial charge in [-0.15, -0.1) is 0 Å². The van der Waals surface area contributed by atoms with E-state index in [2.05, 4.69) is 15.3 Å². The van der Waals surface area contributed by atoms with Crippen LogP contribution in [-0.4, -0.2) is 36.3 Å². The Morgan fingerprint density at radius 1 is 1.15 bits per heavy atom. The third kappa shape index (κ3) is 4.31. The molecule has 0 bridgehead atoms. The van der Waals surface area contributed by atoms with Gasteiger partial charge in [0, 0.05) is 43.8 Å². The minimum Gasteiger partial charge on any atom is -0.490 e. The molecule has 4 rings (SSSR count). The fourth-order valence-corrected chi connectivity index (χ4v) is 3.42. The summed E-state index contributed by atoms with van der Waals surface area (Å²) in [6, 6.07) is 8.35. The van der Waals surface area contributed by atoms with E-state index in [1.54, 1.807) is 7.11 Å². The Bertz CT molecular complexity index is 793. The number of nitrogens with zero attached hydrogens (tertiary/aromatic N) is 2. The van der Waals surface area contributed by atoms with Crippen LogP contribution in [0.5, 0.6) is 11.5 Å². The molecule has 144 valence electrons. The molecular weight excluding hydrogens is 344 g/mol. The van der Waals surface area contributed by atoms with E-state index in [0.717, 1.165) is 47.8 Å². The molecule has 1 saturated carbocycles. The summed E-state index contributed by atoms with van der Waals surface area (Å²) in [6.45, 7) is 2.42. The second-order valence-corrected chi connectivity index (χ2v) is 7.14. The van der Waals surface area contributed by atoms with Crippen LogP contribution < -0.4 is 20.5 Å². The molecule has 1 aliphatic carbocycles. The van der Waals surface area contributed by atoms with Gasteiger partial charge in [-0.25, -0.2) is 9.97 Å². The summed E-state index contributed by atoms with van der Waals surface area (Å²) in [7, 11) is 1.65. The number of nitrogens with one attached hydrogen (secondary N) is 1. The van der Waals surface area contributed by atoms with Crippen LogP contribution >= 0.6 is 0 Å². The van der Waals surface area contributed by atoms with Crippen LogP contribution in [-0.2, 0) is 17.9 Å². The number of nitrogens with two attached hydrogens (primary N) is 1. The quantitative estimate of drug-likeness (QED) is 0.807. The smallest absolute Gasteiger partial charge is 0.161 e. The second-order valence-electron chi connectivity index (χ2n) is 7.14. The third-order valence-corrected chi connectivity index (χ3v) is 4.94. The molecule has 2 aliphatic rings. The molecule has 1 aromatic heterocycles. The minimum absolute atomic E-state index is 0.286. The van der Waals surface area contributed by atoms with Gasteiger partial charge in [0.25, 0.3) is 0 Å². The van der Waals surface area contributed by atoms with Crippen LogP contribution in [0.3, 0.4) is 0 Å². The van der Waals surface area contributed by atoms with Crippen molar-refractivity contribution < 1.29 is 14.2 Å². The monoisotopic (exact) mass is 370 g/mol. The number of aromatic nitrogens is 2. The van der Waals surface area contributed by atoms with Crippen molar-refractivity contribution in [3.63, 3.8) is 0 Å². The Labute approximate surface area is 159 Å². The van der Waals surface area contributed by atoms with E-state index < -0.39 is 0 Å². The lowest BCUT2D eigenvalue weighted by molar-refractivity contribution is 0.177. The molecule has 1 aromatic carbocycles. The Balaban J connectivity index is 1.48. The lowest BCUT2D eigenvalue weighted by Crippen LogP contribution is -2.35. The van der Waals surface area contributed by atoms with Crippen molar-refractivity contribution in [3.05, 3.63) is 41.3 Å². The Morgan fingerprint density at radius 3 is 2.74 bits per heavy atom. The molecule has 0 saturated heterocycles. The Kier molecular flexibility index (Phi) is 5.40. The van der Waals surface area contributed by atoms with Crippen LogP contribution in [0.2, 0.25) is 0 Å². The summed E-state index contributed by atoms with van der Waals surface area (Å²) in [6.07, 6.45) is 2.86. The SMILES string of the molecule is COCc1nc(NCc2ccc3c(c2)OCCCO3)cc(C2CC(N)C2)n1. The average molecular weight is 370 g/mol. The first-order chi connectivity index (χ1) is 13.2. The van der Waals surface area contributed by atoms with Gasteiger partial charge in [-0.1, -0.05) is 6.07 Å². The van der Waals surface area contributed by atoms with E-state index in [4.69, 9.17) is 19.9 Å². The number of rotatable bonds is 6. The highest BCUT2D eigenvalue weighted by Crippen LogP contribution is 2.35. The first-order valence-corrected chi connectivity index (χ1v) is 9.46. The normalized spacial score (nSPS) is 21.3. The highest BCUT2D eigenvalue weighted by molar-refractivity contribution is 5.45. The summed E-state index contributed by atoms with van der Waals surface area (Å²) >= 11 is 0. The Hall–Kier alpha value is -2.38. The first-order valence-electron chi connectivity index (χ1n) is 9.46. The zero-order valence-corrected chi connectivity index (χ0v) is 15.6. The van der Waals surface area contributed by atoms with Crippen molar-refractivity contribution in [2.24, 2.45) is 5.73 Å². The van der Waals surface area contributed by atoms with Crippen molar-refractivity contribution in [2.75, 3.05) is 25.6 Å². The molecule has 1 fully saturated rings. The highest BCUT2D eigenvalue weighted by atomic mass is 16.5. The molecule has 3 N–H and O–H groups in total. The standard InChI is InChI=1S/C20H26N4O3/c1-25-12-20-23-16(14-8-15(21)9-14)10-19(24-20)22-11-13-3-4-17-18(7-13)27-6-2-5-26-17/h3-4,7,10,14-15H,2,5-6,8-9,11-12,21H2,1H3,(H,22,23,24). The van der Waals surface area contributed by atoms with Gasteiger partial charge in [0.15, 0.2) is 17.3 Å². The van der Waals surface area contributed by atoms with E-state index in [0.29, 0.717) is 38.1 Å². The molecule has 0 spiro atoms. The lowest BCUT2D eigenvalue weighted by atomic mass is 9.78. The summed E-state index contributed by atoms with van der Waals surface area (Å²) in [5.41, 5.74) is 8.09. The van der Waals surface area contributed by atoms with E-state index in [9.17, 15) is 0 Å². The van der Waals surface area contributed by atoms with Crippen LogP contribution in [0, 0.1) is 0 Å². The van der Waals surface area contributed by atoms with Gasteiger partial charge in [0.2, 0.25) is 0 Å². The molecule has 0 amide bonds. The number of hydrogen-bond donors (Lipinski definition) is 2. The van der Waals surface area contributed by atoms with Gasteiger partial charge in [-0.3, -0.25) is 0 Å². The minimum atomic E-state index is 0.286. The van der Waals surface area contributed by atoms with Gasteiger partial charge in [0.1, 0.15) is 12.4 Å². The highest BCUT2D eigenvalue weighted by Gasteiger charge is 2.29. The van der Waals surface area contributed by atoms with E-state index in [1.165, 1.54) is 0 Å². The predicted molar refractivity (Wildman–Crippen MR) is 102 cm³/mol. The zero-order chi connectivity index (χ0) is 18.6.